The van der Waals surface area contributed by atoms with Crippen LogP contribution in [0.4, 0.5) is 0 Å². The van der Waals surface area contributed by atoms with Gasteiger partial charge in [0.1, 0.15) is 6.04 Å². The molecule has 1 aliphatic rings. The molecule has 4 unspecified atom stereocenters. The fourth-order valence-electron chi connectivity index (χ4n) is 3.51. The quantitative estimate of drug-likeness (QED) is 0.565. The van der Waals surface area contributed by atoms with E-state index in [1.54, 1.807) is 13.8 Å². The van der Waals surface area contributed by atoms with Crippen LogP contribution in [-0.4, -0.2) is 56.5 Å². The molecule has 172 valence electrons. The lowest BCUT2D eigenvalue weighted by molar-refractivity contribution is -0.147. The van der Waals surface area contributed by atoms with Gasteiger partial charge < -0.3 is 20.6 Å². The lowest BCUT2D eigenvalue weighted by atomic mass is 9.99. The highest BCUT2D eigenvalue weighted by Crippen LogP contribution is 2.39. The smallest absolute Gasteiger partial charge is 0.254 e. The number of nitrogens with zero attached hydrogens (tertiary/aromatic N) is 1. The zero-order chi connectivity index (χ0) is 23.3. The monoisotopic (exact) mass is 449 g/mol. The number of amides is 3. The molecule has 0 aliphatic carbocycles. The highest BCUT2D eigenvalue weighted by atomic mass is 32.2. The lowest BCUT2D eigenvalue weighted by Gasteiger charge is -2.32. The molecule has 1 aromatic carbocycles. The summed E-state index contributed by atoms with van der Waals surface area (Å²) in [5, 5.41) is 16.3. The summed E-state index contributed by atoms with van der Waals surface area (Å²) in [7, 11) is 0. The number of hydrogen-bond donors (Lipinski definition) is 3. The second-order valence-corrected chi connectivity index (χ2v) is 10.4. The summed E-state index contributed by atoms with van der Waals surface area (Å²) < 4.78 is -0.506. The first-order chi connectivity index (χ1) is 14.5. The summed E-state index contributed by atoms with van der Waals surface area (Å²) in [5.74, 6) is -0.908. The minimum Gasteiger partial charge on any atom is -0.381 e. The highest BCUT2D eigenvalue weighted by molar-refractivity contribution is 8.00. The first kappa shape index (κ1) is 25.2. The Morgan fingerprint density at radius 2 is 1.90 bits per heavy atom. The third-order valence-corrected chi connectivity index (χ3v) is 7.32. The number of benzene rings is 1. The normalized spacial score (nSPS) is 20.6. The van der Waals surface area contributed by atoms with Gasteiger partial charge >= 0.3 is 0 Å². The number of aliphatic hydroxyl groups is 1. The number of rotatable bonds is 8. The molecule has 31 heavy (non-hydrogen) atoms. The highest BCUT2D eigenvalue weighted by Gasteiger charge is 2.49. The van der Waals surface area contributed by atoms with Crippen molar-refractivity contribution in [2.45, 2.75) is 77.4 Å². The molecule has 1 aliphatic heterocycles. The molecule has 1 saturated heterocycles. The van der Waals surface area contributed by atoms with Crippen molar-refractivity contribution in [3.63, 3.8) is 0 Å². The maximum Gasteiger partial charge on any atom is 0.254 e. The predicted octanol–water partition coefficient (Wildman–Crippen LogP) is 2.20. The Hall–Kier alpha value is -2.06. The second-order valence-electron chi connectivity index (χ2n) is 8.78. The Kier molecular flexibility index (Phi) is 8.54. The second kappa shape index (κ2) is 10.5. The van der Waals surface area contributed by atoms with Gasteiger partial charge in [0.25, 0.3) is 5.91 Å². The number of aryl methyl sites for hydroxylation is 1. The molecule has 1 heterocycles. The van der Waals surface area contributed by atoms with Crippen molar-refractivity contribution in [3.8, 4) is 0 Å². The number of aliphatic hydroxyl groups excluding tert-OH is 1. The summed E-state index contributed by atoms with van der Waals surface area (Å²) in [6.45, 7) is 11.5. The average Bonchev–Trinajstić information content (AvgIpc) is 3.05. The molecule has 0 saturated carbocycles. The molecule has 0 aromatic heterocycles. The SMILES string of the molecule is CCC(C)C(=O)NC(C)C(O)C(=O)N1CSC(C)(C)C1C(=O)NCc1ccccc1C. The summed E-state index contributed by atoms with van der Waals surface area (Å²) in [4.78, 5) is 39.7. The van der Waals surface area contributed by atoms with Crippen LogP contribution in [-0.2, 0) is 20.9 Å². The largest absolute Gasteiger partial charge is 0.381 e. The van der Waals surface area contributed by atoms with Gasteiger partial charge in [-0.3, -0.25) is 14.4 Å². The predicted molar refractivity (Wildman–Crippen MR) is 123 cm³/mol. The topological polar surface area (TPSA) is 98.7 Å². The Bertz CT molecular complexity index is 814. The summed E-state index contributed by atoms with van der Waals surface area (Å²) in [6.07, 6.45) is -0.753. The van der Waals surface area contributed by atoms with Gasteiger partial charge in [0.15, 0.2) is 6.10 Å². The van der Waals surface area contributed by atoms with Crippen molar-refractivity contribution < 1.29 is 19.5 Å². The average molecular weight is 450 g/mol. The Labute approximate surface area is 189 Å². The van der Waals surface area contributed by atoms with E-state index in [4.69, 9.17) is 0 Å². The summed E-state index contributed by atoms with van der Waals surface area (Å²) >= 11 is 1.49. The molecular formula is C23H35N3O4S. The molecule has 1 fully saturated rings. The molecule has 3 amide bonds. The maximum absolute atomic E-state index is 13.1. The van der Waals surface area contributed by atoms with Gasteiger partial charge in [0.2, 0.25) is 11.8 Å². The van der Waals surface area contributed by atoms with Crippen LogP contribution in [0.2, 0.25) is 0 Å². The molecule has 1 aromatic rings. The van der Waals surface area contributed by atoms with E-state index in [1.165, 1.54) is 16.7 Å². The third-order valence-electron chi connectivity index (χ3n) is 5.95. The van der Waals surface area contributed by atoms with Crippen LogP contribution in [0.5, 0.6) is 0 Å². The van der Waals surface area contributed by atoms with E-state index < -0.39 is 28.8 Å². The molecule has 3 N–H and O–H groups in total. The van der Waals surface area contributed by atoms with E-state index in [0.29, 0.717) is 18.8 Å². The van der Waals surface area contributed by atoms with Crippen molar-refractivity contribution in [1.29, 1.82) is 0 Å². The van der Waals surface area contributed by atoms with Crippen molar-refractivity contribution in [3.05, 3.63) is 35.4 Å². The van der Waals surface area contributed by atoms with E-state index in [0.717, 1.165) is 11.1 Å². The van der Waals surface area contributed by atoms with Crippen LogP contribution in [0, 0.1) is 12.8 Å². The zero-order valence-electron chi connectivity index (χ0n) is 19.3. The Morgan fingerprint density at radius 3 is 2.52 bits per heavy atom. The molecule has 4 atom stereocenters. The van der Waals surface area contributed by atoms with E-state index in [1.807, 2.05) is 52.0 Å². The molecule has 0 bridgehead atoms. The van der Waals surface area contributed by atoms with E-state index in [2.05, 4.69) is 10.6 Å². The molecule has 2 rings (SSSR count). The summed E-state index contributed by atoms with van der Waals surface area (Å²) in [6, 6.07) is 6.33. The van der Waals surface area contributed by atoms with Gasteiger partial charge in [0, 0.05) is 17.2 Å². The number of carbonyl (C=O) groups excluding carboxylic acids is 3. The Morgan fingerprint density at radius 1 is 1.26 bits per heavy atom. The van der Waals surface area contributed by atoms with Crippen molar-refractivity contribution >= 4 is 29.5 Å². The van der Waals surface area contributed by atoms with Crippen LogP contribution in [0.3, 0.4) is 0 Å². The molecule has 7 nitrogen and oxygen atoms in total. The third kappa shape index (κ3) is 6.01. The Balaban J connectivity index is 2.09. The van der Waals surface area contributed by atoms with Crippen LogP contribution in [0.15, 0.2) is 24.3 Å². The van der Waals surface area contributed by atoms with Gasteiger partial charge in [-0.1, -0.05) is 38.1 Å². The number of hydrogen-bond acceptors (Lipinski definition) is 5. The first-order valence-electron chi connectivity index (χ1n) is 10.7. The van der Waals surface area contributed by atoms with E-state index >= 15 is 0 Å². The maximum atomic E-state index is 13.1. The first-order valence-corrected chi connectivity index (χ1v) is 11.7. The number of thioether (sulfide) groups is 1. The molecular weight excluding hydrogens is 414 g/mol. The fraction of sp³-hybridized carbons (Fsp3) is 0.609. The lowest BCUT2D eigenvalue weighted by Crippen LogP contribution is -2.58. The van der Waals surface area contributed by atoms with Crippen molar-refractivity contribution in [2.24, 2.45) is 5.92 Å². The van der Waals surface area contributed by atoms with Crippen LogP contribution in [0.25, 0.3) is 0 Å². The van der Waals surface area contributed by atoms with Gasteiger partial charge in [0.05, 0.1) is 11.9 Å². The van der Waals surface area contributed by atoms with Gasteiger partial charge in [-0.25, -0.2) is 0 Å². The van der Waals surface area contributed by atoms with Crippen LogP contribution < -0.4 is 10.6 Å². The molecule has 0 spiro atoms. The number of nitrogens with one attached hydrogen (secondary N) is 2. The molecule has 8 heteroatoms. The fourth-order valence-corrected chi connectivity index (χ4v) is 4.66. The van der Waals surface area contributed by atoms with E-state index in [9.17, 15) is 19.5 Å². The van der Waals surface area contributed by atoms with Gasteiger partial charge in [-0.15, -0.1) is 11.8 Å². The van der Waals surface area contributed by atoms with Gasteiger partial charge in [-0.05, 0) is 45.2 Å². The van der Waals surface area contributed by atoms with Crippen LogP contribution in [0.1, 0.15) is 52.2 Å². The van der Waals surface area contributed by atoms with Gasteiger partial charge in [-0.2, -0.15) is 0 Å². The number of carbonyl (C=O) groups is 3. The minimum absolute atomic E-state index is 0.203. The van der Waals surface area contributed by atoms with Crippen LogP contribution >= 0.6 is 11.8 Å². The zero-order valence-corrected chi connectivity index (χ0v) is 20.1. The minimum atomic E-state index is -1.42. The molecule has 0 radical (unpaired) electrons. The standard InChI is InChI=1S/C23H35N3O4S/c1-7-14(2)20(28)25-16(4)18(27)22(30)26-13-31-23(5,6)19(26)21(29)24-12-17-11-9-8-10-15(17)3/h8-11,14,16,18-19,27H,7,12-13H2,1-6H3,(H,24,29)(H,25,28). The van der Waals surface area contributed by atoms with Crippen molar-refractivity contribution in [2.75, 3.05) is 5.88 Å². The van der Waals surface area contributed by atoms with Crippen molar-refractivity contribution in [1.82, 2.24) is 15.5 Å². The van der Waals surface area contributed by atoms with E-state index in [-0.39, 0.29) is 17.7 Å². The summed E-state index contributed by atoms with van der Waals surface area (Å²) in [5.41, 5.74) is 2.09.